The maximum Gasteiger partial charge on any atom is 1.00 e. The third-order valence-electron chi connectivity index (χ3n) is 5.08. The third-order valence-corrected chi connectivity index (χ3v) is 8.75. The van der Waals surface area contributed by atoms with Crippen LogP contribution in [0.15, 0.2) is 48.5 Å². The summed E-state index contributed by atoms with van der Waals surface area (Å²) < 4.78 is 22.1. The van der Waals surface area contributed by atoms with Gasteiger partial charge in [0.25, 0.3) is 0 Å². The molecule has 0 aliphatic heterocycles. The molecule has 0 fully saturated rings. The van der Waals surface area contributed by atoms with Crippen molar-refractivity contribution in [1.29, 1.82) is 0 Å². The summed E-state index contributed by atoms with van der Waals surface area (Å²) in [5.41, 5.74) is 4.15. The van der Waals surface area contributed by atoms with Gasteiger partial charge < -0.3 is 38.7 Å². The molecule has 0 spiro atoms. The van der Waals surface area contributed by atoms with Crippen molar-refractivity contribution in [2.75, 3.05) is 13.6 Å². The monoisotopic (exact) mass is 559 g/mol. The van der Waals surface area contributed by atoms with Gasteiger partial charge in [-0.2, -0.15) is 0 Å². The van der Waals surface area contributed by atoms with Gasteiger partial charge in [-0.25, -0.2) is 0 Å². The SMILES string of the molecule is CC(O)c1ccc(Cc2ccc(CN(C)CCCC(P(=O)([O-])[O-])P(=O)([O-])[O-])cc2)cc1.[Na+].[Na+].[Na+].[Na+]. The first-order valence-electron chi connectivity index (χ1n) is 9.93. The second-order valence-corrected chi connectivity index (χ2v) is 11.7. The van der Waals surface area contributed by atoms with Gasteiger partial charge in [-0.05, 0) is 62.0 Å². The van der Waals surface area contributed by atoms with E-state index in [1.807, 2.05) is 53.4 Å². The van der Waals surface area contributed by atoms with Gasteiger partial charge in [0.15, 0.2) is 0 Å². The largest absolute Gasteiger partial charge is 1.00 e. The van der Waals surface area contributed by atoms with Crippen LogP contribution in [0.1, 0.15) is 48.1 Å². The fraction of sp³-hybridized carbons (Fsp3) is 0.429. The van der Waals surface area contributed by atoms with E-state index in [2.05, 4.69) is 0 Å². The molecule has 0 saturated heterocycles. The molecule has 0 heterocycles. The molecule has 1 N–H and O–H groups in total. The molecule has 172 valence electrons. The van der Waals surface area contributed by atoms with E-state index in [0.29, 0.717) is 13.1 Å². The van der Waals surface area contributed by atoms with Crippen molar-refractivity contribution in [3.63, 3.8) is 0 Å². The molecule has 0 amide bonds. The van der Waals surface area contributed by atoms with E-state index in [-0.39, 0.29) is 125 Å². The normalized spacial score (nSPS) is 12.1. The first-order chi connectivity index (χ1) is 14.4. The van der Waals surface area contributed by atoms with Gasteiger partial charge in [-0.1, -0.05) is 63.7 Å². The van der Waals surface area contributed by atoms with Gasteiger partial charge in [0.1, 0.15) is 0 Å². The molecule has 0 bridgehead atoms. The summed E-state index contributed by atoms with van der Waals surface area (Å²) >= 11 is 0. The van der Waals surface area contributed by atoms with Crippen LogP contribution in [-0.4, -0.2) is 29.0 Å². The molecule has 0 aliphatic carbocycles. The Kier molecular flexibility index (Phi) is 23.7. The van der Waals surface area contributed by atoms with E-state index in [4.69, 9.17) is 0 Å². The molecule has 0 saturated carbocycles. The van der Waals surface area contributed by atoms with E-state index in [1.165, 1.54) is 0 Å². The van der Waals surface area contributed by atoms with E-state index in [0.717, 1.165) is 28.7 Å². The van der Waals surface area contributed by atoms with E-state index in [9.17, 15) is 33.8 Å². The summed E-state index contributed by atoms with van der Waals surface area (Å²) in [4.78, 5) is 46.0. The standard InChI is InChI=1S/C21H31NO7P2.4Na/c1-16(23)20-11-9-18(10-12-20)14-17-5-7-19(8-6-17)15-22(2)13-3-4-21(30(24,25)26)31(27,28)29;;;;/h5-12,16,21,23H,3-4,13-15H2,1-2H3,(H2,24,25,26)(H2,27,28,29);;;;/q;4*+1/p-4. The van der Waals surface area contributed by atoms with Gasteiger partial charge in [-0.3, -0.25) is 0 Å². The minimum Gasteiger partial charge on any atom is -0.810 e. The third kappa shape index (κ3) is 15.9. The fourth-order valence-corrected chi connectivity index (χ4v) is 5.72. The van der Waals surface area contributed by atoms with Crippen LogP contribution in [-0.2, 0) is 22.1 Å². The van der Waals surface area contributed by atoms with Crippen LogP contribution in [0, 0.1) is 0 Å². The van der Waals surface area contributed by atoms with E-state index in [1.54, 1.807) is 14.0 Å². The second kappa shape index (κ2) is 19.7. The van der Waals surface area contributed by atoms with Crippen molar-refractivity contribution in [3.8, 4) is 0 Å². The van der Waals surface area contributed by atoms with Gasteiger partial charge in [-0.15, -0.1) is 0 Å². The maximum atomic E-state index is 11.0. The summed E-state index contributed by atoms with van der Waals surface area (Å²) in [6.45, 7) is 2.61. The molecule has 0 aliphatic rings. The molecule has 2 rings (SSSR count). The molecule has 2 aromatic carbocycles. The maximum absolute atomic E-state index is 11.0. The van der Waals surface area contributed by atoms with Crippen molar-refractivity contribution in [1.82, 2.24) is 4.90 Å². The van der Waals surface area contributed by atoms with Crippen molar-refractivity contribution in [3.05, 3.63) is 70.8 Å². The average molecular weight is 559 g/mol. The van der Waals surface area contributed by atoms with Gasteiger partial charge >= 0.3 is 118 Å². The number of hydrogen-bond acceptors (Lipinski definition) is 8. The first kappa shape index (κ1) is 42.1. The Morgan fingerprint density at radius 3 is 1.60 bits per heavy atom. The van der Waals surface area contributed by atoms with Crippen molar-refractivity contribution < 1.29 is 152 Å². The van der Waals surface area contributed by atoms with Gasteiger partial charge in [0, 0.05) is 11.9 Å². The molecule has 0 aromatic heterocycles. The molecular weight excluding hydrogens is 532 g/mol. The fourth-order valence-electron chi connectivity index (χ4n) is 3.34. The molecule has 8 nitrogen and oxygen atoms in total. The van der Waals surface area contributed by atoms with Crippen LogP contribution in [0.2, 0.25) is 0 Å². The quantitative estimate of drug-likeness (QED) is 0.211. The Morgan fingerprint density at radius 2 is 1.20 bits per heavy atom. The number of benzene rings is 2. The molecule has 1 atom stereocenters. The van der Waals surface area contributed by atoms with Gasteiger partial charge in [0.2, 0.25) is 0 Å². The number of nitrogens with zero attached hydrogens (tertiary/aromatic N) is 1. The van der Waals surface area contributed by atoms with Crippen molar-refractivity contribution >= 4 is 15.2 Å². The number of rotatable bonds is 11. The molecule has 14 heteroatoms. The Labute approximate surface area is 296 Å². The van der Waals surface area contributed by atoms with E-state index < -0.39 is 33.1 Å². The summed E-state index contributed by atoms with van der Waals surface area (Å²) in [5, 5.41) is 7.19. The zero-order chi connectivity index (χ0) is 23.2. The summed E-state index contributed by atoms with van der Waals surface area (Å²) in [6.07, 6.45) is -0.130. The second-order valence-electron chi connectivity index (χ2n) is 7.85. The first-order valence-corrected chi connectivity index (χ1v) is 13.2. The molecule has 1 unspecified atom stereocenters. The van der Waals surface area contributed by atoms with Crippen LogP contribution in [0.4, 0.5) is 0 Å². The molecule has 0 radical (unpaired) electrons. The van der Waals surface area contributed by atoms with Crippen LogP contribution < -0.4 is 138 Å². The molecular formula is C21H27NNa4O7P2. The smallest absolute Gasteiger partial charge is 0.810 e. The number of aliphatic hydroxyl groups is 1. The Morgan fingerprint density at radius 1 is 0.800 bits per heavy atom. The zero-order valence-corrected chi connectivity index (χ0v) is 31.3. The zero-order valence-electron chi connectivity index (χ0n) is 21.5. The topological polar surface area (TPSA) is 150 Å². The Hall–Kier alpha value is 2.66. The van der Waals surface area contributed by atoms with Crippen molar-refractivity contribution in [2.45, 2.75) is 44.2 Å². The average Bonchev–Trinajstić information content (AvgIpc) is 2.65. The van der Waals surface area contributed by atoms with Crippen LogP contribution >= 0.6 is 15.2 Å². The Bertz CT molecular complexity index is 916. The summed E-state index contributed by atoms with van der Waals surface area (Å²) in [7, 11) is -9.18. The minimum atomic E-state index is -5.49. The van der Waals surface area contributed by atoms with Crippen LogP contribution in [0.3, 0.4) is 0 Å². The summed E-state index contributed by atoms with van der Waals surface area (Å²) in [6, 6.07) is 15.8. The number of aliphatic hydroxyl groups excluding tert-OH is 1. The molecule has 35 heavy (non-hydrogen) atoms. The molecule has 2 aromatic rings. The van der Waals surface area contributed by atoms with Crippen molar-refractivity contribution in [2.24, 2.45) is 0 Å². The predicted molar refractivity (Wildman–Crippen MR) is 111 cm³/mol. The van der Waals surface area contributed by atoms with E-state index >= 15 is 0 Å². The number of hydrogen-bond donors (Lipinski definition) is 1. The Balaban J connectivity index is -0.00000256. The predicted octanol–water partition coefficient (Wildman–Crippen LogP) is -11.3. The van der Waals surface area contributed by atoms with Crippen LogP contribution in [0.5, 0.6) is 0 Å². The summed E-state index contributed by atoms with van der Waals surface area (Å²) in [5.74, 6) is 0. The minimum absolute atomic E-state index is 0. The van der Waals surface area contributed by atoms with Crippen LogP contribution in [0.25, 0.3) is 0 Å². The van der Waals surface area contributed by atoms with Gasteiger partial charge in [0.05, 0.1) is 6.10 Å².